The molecule has 0 radical (unpaired) electrons. The summed E-state index contributed by atoms with van der Waals surface area (Å²) in [7, 11) is -2.89. The van der Waals surface area contributed by atoms with Crippen LogP contribution >= 0.6 is 0 Å². The summed E-state index contributed by atoms with van der Waals surface area (Å²) in [5, 5.41) is 3.50. The molecule has 17 heavy (non-hydrogen) atoms. The number of rotatable bonds is 3. The van der Waals surface area contributed by atoms with E-state index in [1.54, 1.807) is 0 Å². The van der Waals surface area contributed by atoms with Gasteiger partial charge in [-0.25, -0.2) is 8.42 Å². The first kappa shape index (κ1) is 13.3. The predicted molar refractivity (Wildman–Crippen MR) is 67.9 cm³/mol. The fourth-order valence-electron chi connectivity index (χ4n) is 2.98. The smallest absolute Gasteiger partial charge is 0.153 e. The van der Waals surface area contributed by atoms with Crippen molar-refractivity contribution in [3.05, 3.63) is 0 Å². The molecule has 1 N–H and O–H groups in total. The lowest BCUT2D eigenvalue weighted by Crippen LogP contribution is -2.53. The third kappa shape index (κ3) is 3.42. The Bertz CT molecular complexity index is 351. The summed E-state index contributed by atoms with van der Waals surface area (Å²) in [5.74, 6) is 0.565. The monoisotopic (exact) mass is 261 g/mol. The fourth-order valence-corrected chi connectivity index (χ4v) is 4.86. The zero-order valence-electron chi connectivity index (χ0n) is 10.6. The van der Waals surface area contributed by atoms with E-state index in [0.717, 1.165) is 38.6 Å². The Morgan fingerprint density at radius 2 is 2.29 bits per heavy atom. The largest absolute Gasteiger partial charge is 0.374 e. The Morgan fingerprint density at radius 3 is 3.00 bits per heavy atom. The SMILES string of the molecule is CCCNC1CCOC2(CCCS(=O)(=O)C2)C1. The lowest BCUT2D eigenvalue weighted by molar-refractivity contribution is -0.0804. The van der Waals surface area contributed by atoms with E-state index in [2.05, 4.69) is 12.2 Å². The Kier molecular flexibility index (Phi) is 4.10. The van der Waals surface area contributed by atoms with E-state index in [-0.39, 0.29) is 11.4 Å². The molecule has 2 atom stereocenters. The zero-order valence-corrected chi connectivity index (χ0v) is 11.4. The molecule has 0 aromatic heterocycles. The maximum atomic E-state index is 11.7. The van der Waals surface area contributed by atoms with Crippen molar-refractivity contribution in [1.82, 2.24) is 5.32 Å². The van der Waals surface area contributed by atoms with Gasteiger partial charge in [-0.15, -0.1) is 0 Å². The first-order valence-corrected chi connectivity index (χ1v) is 8.45. The maximum Gasteiger partial charge on any atom is 0.153 e. The third-order valence-corrected chi connectivity index (χ3v) is 5.62. The van der Waals surface area contributed by atoms with Crippen LogP contribution in [0.1, 0.15) is 39.0 Å². The second-order valence-electron chi connectivity index (χ2n) is 5.37. The van der Waals surface area contributed by atoms with E-state index in [1.807, 2.05) is 0 Å². The second-order valence-corrected chi connectivity index (χ2v) is 7.55. The highest BCUT2D eigenvalue weighted by molar-refractivity contribution is 7.91. The molecule has 2 heterocycles. The van der Waals surface area contributed by atoms with E-state index in [9.17, 15) is 8.42 Å². The van der Waals surface area contributed by atoms with Crippen LogP contribution in [0.5, 0.6) is 0 Å². The molecule has 2 aliphatic rings. The van der Waals surface area contributed by atoms with Gasteiger partial charge in [0.2, 0.25) is 0 Å². The van der Waals surface area contributed by atoms with E-state index in [1.165, 1.54) is 0 Å². The topological polar surface area (TPSA) is 55.4 Å². The van der Waals surface area contributed by atoms with Crippen molar-refractivity contribution in [2.45, 2.75) is 50.7 Å². The van der Waals surface area contributed by atoms with Gasteiger partial charge in [0.15, 0.2) is 9.84 Å². The molecule has 5 heteroatoms. The highest BCUT2D eigenvalue weighted by atomic mass is 32.2. The zero-order chi connectivity index (χ0) is 12.4. The molecular weight excluding hydrogens is 238 g/mol. The van der Waals surface area contributed by atoms with Gasteiger partial charge < -0.3 is 10.1 Å². The van der Waals surface area contributed by atoms with Crippen molar-refractivity contribution in [1.29, 1.82) is 0 Å². The number of ether oxygens (including phenoxy) is 1. The quantitative estimate of drug-likeness (QED) is 0.827. The molecule has 2 unspecified atom stereocenters. The normalized spacial score (nSPS) is 37.1. The van der Waals surface area contributed by atoms with Crippen LogP contribution in [0.25, 0.3) is 0 Å². The summed E-state index contributed by atoms with van der Waals surface area (Å²) in [4.78, 5) is 0. The Balaban J connectivity index is 1.99. The average molecular weight is 261 g/mol. The molecule has 2 rings (SSSR count). The van der Waals surface area contributed by atoms with Crippen LogP contribution in [-0.2, 0) is 14.6 Å². The molecule has 4 nitrogen and oxygen atoms in total. The van der Waals surface area contributed by atoms with Crippen LogP contribution in [0.4, 0.5) is 0 Å². The van der Waals surface area contributed by atoms with Crippen LogP contribution in [-0.4, -0.2) is 44.7 Å². The van der Waals surface area contributed by atoms with Gasteiger partial charge in [-0.05, 0) is 38.6 Å². The summed E-state index contributed by atoms with van der Waals surface area (Å²) >= 11 is 0. The summed E-state index contributed by atoms with van der Waals surface area (Å²) in [6.07, 6.45) is 4.62. The minimum absolute atomic E-state index is 0.226. The number of nitrogens with one attached hydrogen (secondary N) is 1. The molecule has 100 valence electrons. The van der Waals surface area contributed by atoms with Gasteiger partial charge in [0.05, 0.1) is 17.1 Å². The highest BCUT2D eigenvalue weighted by Gasteiger charge is 2.43. The van der Waals surface area contributed by atoms with Gasteiger partial charge in [-0.3, -0.25) is 0 Å². The molecule has 2 fully saturated rings. The lowest BCUT2D eigenvalue weighted by atomic mass is 9.88. The average Bonchev–Trinajstić information content (AvgIpc) is 2.25. The van der Waals surface area contributed by atoms with Gasteiger partial charge in [0.25, 0.3) is 0 Å². The van der Waals surface area contributed by atoms with Crippen LogP contribution in [0.2, 0.25) is 0 Å². The van der Waals surface area contributed by atoms with Crippen LogP contribution in [0.3, 0.4) is 0 Å². The molecule has 0 aliphatic carbocycles. The molecule has 2 aliphatic heterocycles. The standard InChI is InChI=1S/C12H23NO3S/c1-2-6-13-11-4-7-16-12(9-11)5-3-8-17(14,15)10-12/h11,13H,2-10H2,1H3. The van der Waals surface area contributed by atoms with Crippen molar-refractivity contribution < 1.29 is 13.2 Å². The van der Waals surface area contributed by atoms with Crippen LogP contribution < -0.4 is 5.32 Å². The maximum absolute atomic E-state index is 11.7. The fraction of sp³-hybridized carbons (Fsp3) is 1.00. The van der Waals surface area contributed by atoms with Gasteiger partial charge in [-0.2, -0.15) is 0 Å². The van der Waals surface area contributed by atoms with Gasteiger partial charge in [0, 0.05) is 12.6 Å². The summed E-state index contributed by atoms with van der Waals surface area (Å²) in [6.45, 7) is 3.84. The minimum Gasteiger partial charge on any atom is -0.374 e. The Labute approximate surface area is 104 Å². The first-order chi connectivity index (χ1) is 8.05. The van der Waals surface area contributed by atoms with Gasteiger partial charge in [-0.1, -0.05) is 6.92 Å². The van der Waals surface area contributed by atoms with Crippen molar-refractivity contribution in [3.63, 3.8) is 0 Å². The predicted octanol–water partition coefficient (Wildman–Crippen LogP) is 1.11. The molecule has 0 aromatic rings. The second kappa shape index (κ2) is 5.24. The Morgan fingerprint density at radius 1 is 1.47 bits per heavy atom. The van der Waals surface area contributed by atoms with E-state index >= 15 is 0 Å². The number of sulfone groups is 1. The Hall–Kier alpha value is -0.130. The number of hydrogen-bond donors (Lipinski definition) is 1. The highest BCUT2D eigenvalue weighted by Crippen LogP contribution is 2.34. The molecule has 0 saturated carbocycles. The summed E-state index contributed by atoms with van der Waals surface area (Å²) < 4.78 is 29.3. The van der Waals surface area contributed by atoms with Crippen molar-refractivity contribution in [3.8, 4) is 0 Å². The van der Waals surface area contributed by atoms with E-state index < -0.39 is 9.84 Å². The molecular formula is C12H23NO3S. The summed E-state index contributed by atoms with van der Waals surface area (Å²) in [5.41, 5.74) is -0.388. The molecule has 0 bridgehead atoms. The van der Waals surface area contributed by atoms with Gasteiger partial charge >= 0.3 is 0 Å². The van der Waals surface area contributed by atoms with Crippen molar-refractivity contribution in [2.75, 3.05) is 24.7 Å². The van der Waals surface area contributed by atoms with Crippen molar-refractivity contribution >= 4 is 9.84 Å². The van der Waals surface area contributed by atoms with Crippen LogP contribution in [0, 0.1) is 0 Å². The third-order valence-electron chi connectivity index (χ3n) is 3.75. The van der Waals surface area contributed by atoms with E-state index in [0.29, 0.717) is 18.4 Å². The van der Waals surface area contributed by atoms with Crippen molar-refractivity contribution in [2.24, 2.45) is 0 Å². The molecule has 0 aromatic carbocycles. The number of hydrogen-bond acceptors (Lipinski definition) is 4. The molecule has 2 saturated heterocycles. The summed E-state index contributed by atoms with van der Waals surface area (Å²) in [6, 6.07) is 0.428. The van der Waals surface area contributed by atoms with E-state index in [4.69, 9.17) is 4.74 Å². The van der Waals surface area contributed by atoms with Crippen LogP contribution in [0.15, 0.2) is 0 Å². The van der Waals surface area contributed by atoms with Gasteiger partial charge in [0.1, 0.15) is 0 Å². The molecule has 1 spiro atoms. The lowest BCUT2D eigenvalue weighted by Gasteiger charge is -2.43. The molecule has 0 amide bonds. The minimum atomic E-state index is -2.89. The first-order valence-electron chi connectivity index (χ1n) is 6.63.